The highest BCUT2D eigenvalue weighted by molar-refractivity contribution is 4.85. The van der Waals surface area contributed by atoms with Gasteiger partial charge >= 0.3 is 0 Å². The first-order valence-corrected chi connectivity index (χ1v) is 7.85. The first-order valence-electron chi connectivity index (χ1n) is 7.85. The average molecular weight is 253 g/mol. The molecule has 2 N–H and O–H groups in total. The largest absolute Gasteiger partial charge is 0.329 e. The molecule has 2 rings (SSSR count). The van der Waals surface area contributed by atoms with Gasteiger partial charge in [0.25, 0.3) is 0 Å². The molecule has 106 valence electrons. The first kappa shape index (κ1) is 14.3. The quantitative estimate of drug-likeness (QED) is 0.831. The van der Waals surface area contributed by atoms with E-state index in [9.17, 15) is 0 Å². The second kappa shape index (κ2) is 6.88. The van der Waals surface area contributed by atoms with Crippen molar-refractivity contribution in [1.82, 2.24) is 9.80 Å². The van der Waals surface area contributed by atoms with Gasteiger partial charge in [-0.25, -0.2) is 0 Å². The molecule has 1 aliphatic heterocycles. The van der Waals surface area contributed by atoms with Crippen molar-refractivity contribution < 1.29 is 0 Å². The molecule has 0 bridgehead atoms. The fourth-order valence-electron chi connectivity index (χ4n) is 3.87. The summed E-state index contributed by atoms with van der Waals surface area (Å²) in [4.78, 5) is 5.12. The number of hydrogen-bond donors (Lipinski definition) is 1. The molecule has 1 saturated carbocycles. The molecule has 0 radical (unpaired) electrons. The van der Waals surface area contributed by atoms with E-state index in [-0.39, 0.29) is 0 Å². The predicted molar refractivity (Wildman–Crippen MR) is 77.7 cm³/mol. The molecule has 0 spiro atoms. The maximum absolute atomic E-state index is 6.06. The third-order valence-electron chi connectivity index (χ3n) is 4.95. The summed E-state index contributed by atoms with van der Waals surface area (Å²) in [5.41, 5.74) is 6.06. The lowest BCUT2D eigenvalue weighted by Crippen LogP contribution is -2.56. The van der Waals surface area contributed by atoms with Gasteiger partial charge in [0.2, 0.25) is 0 Å². The summed E-state index contributed by atoms with van der Waals surface area (Å²) in [6.45, 7) is 6.79. The average Bonchev–Trinajstić information content (AvgIpc) is 2.38. The molecule has 1 saturated heterocycles. The van der Waals surface area contributed by atoms with Crippen LogP contribution in [0.3, 0.4) is 0 Å². The number of nitrogens with zero attached hydrogens (tertiary/aromatic N) is 2. The minimum absolute atomic E-state index is 0.622. The van der Waals surface area contributed by atoms with Crippen molar-refractivity contribution >= 4 is 0 Å². The molecular weight excluding hydrogens is 222 g/mol. The molecule has 1 aliphatic carbocycles. The van der Waals surface area contributed by atoms with Crippen molar-refractivity contribution in [1.29, 1.82) is 0 Å². The van der Waals surface area contributed by atoms with Gasteiger partial charge in [-0.3, -0.25) is 4.90 Å². The third kappa shape index (κ3) is 3.69. The van der Waals surface area contributed by atoms with Crippen molar-refractivity contribution in [3.8, 4) is 0 Å². The summed E-state index contributed by atoms with van der Waals surface area (Å²) in [6.07, 6.45) is 8.57. The normalized spacial score (nSPS) is 30.5. The Bertz CT molecular complexity index is 238. The molecule has 2 aliphatic rings. The van der Waals surface area contributed by atoms with Crippen molar-refractivity contribution in [3.63, 3.8) is 0 Å². The number of nitrogens with two attached hydrogens (primary N) is 1. The molecule has 0 aromatic rings. The lowest BCUT2D eigenvalue weighted by Gasteiger charge is -2.43. The Morgan fingerprint density at radius 2 is 1.89 bits per heavy atom. The van der Waals surface area contributed by atoms with E-state index in [1.54, 1.807) is 0 Å². The summed E-state index contributed by atoms with van der Waals surface area (Å²) in [5, 5.41) is 0. The minimum Gasteiger partial charge on any atom is -0.329 e. The van der Waals surface area contributed by atoms with Gasteiger partial charge in [0, 0.05) is 38.3 Å². The summed E-state index contributed by atoms with van der Waals surface area (Å²) < 4.78 is 0. The number of likely N-dealkylation sites (N-methyl/N-ethyl adjacent to an activating group) is 1. The smallest absolute Gasteiger partial charge is 0.0224 e. The Morgan fingerprint density at radius 1 is 1.17 bits per heavy atom. The van der Waals surface area contributed by atoms with Crippen LogP contribution in [-0.4, -0.2) is 55.1 Å². The highest BCUT2D eigenvalue weighted by Crippen LogP contribution is 2.29. The van der Waals surface area contributed by atoms with Gasteiger partial charge in [-0.2, -0.15) is 0 Å². The Labute approximate surface area is 113 Å². The van der Waals surface area contributed by atoms with E-state index >= 15 is 0 Å². The van der Waals surface area contributed by atoms with E-state index in [2.05, 4.69) is 23.8 Å². The third-order valence-corrected chi connectivity index (χ3v) is 4.95. The Balaban J connectivity index is 1.86. The SMILES string of the molecule is CC1CN(C)CCN1C(CN)CC1CCCCC1. The minimum atomic E-state index is 0.622. The van der Waals surface area contributed by atoms with Crippen LogP contribution in [0.15, 0.2) is 0 Å². The maximum atomic E-state index is 6.06. The topological polar surface area (TPSA) is 32.5 Å². The Hall–Kier alpha value is -0.120. The van der Waals surface area contributed by atoms with Crippen molar-refractivity contribution in [2.45, 2.75) is 57.5 Å². The lowest BCUT2D eigenvalue weighted by atomic mass is 9.84. The number of rotatable bonds is 4. The second-order valence-corrected chi connectivity index (χ2v) is 6.48. The van der Waals surface area contributed by atoms with Crippen LogP contribution in [0.4, 0.5) is 0 Å². The van der Waals surface area contributed by atoms with Crippen molar-refractivity contribution in [3.05, 3.63) is 0 Å². The van der Waals surface area contributed by atoms with E-state index < -0.39 is 0 Å². The highest BCUT2D eigenvalue weighted by Gasteiger charge is 2.29. The molecule has 3 nitrogen and oxygen atoms in total. The number of piperazine rings is 1. The second-order valence-electron chi connectivity index (χ2n) is 6.48. The Morgan fingerprint density at radius 3 is 2.50 bits per heavy atom. The van der Waals surface area contributed by atoms with Crippen LogP contribution in [0, 0.1) is 5.92 Å². The standard InChI is InChI=1S/C15H31N3/c1-13-12-17(2)8-9-18(13)15(11-16)10-14-6-4-3-5-7-14/h13-15H,3-12,16H2,1-2H3. The lowest BCUT2D eigenvalue weighted by molar-refractivity contribution is 0.0510. The molecule has 18 heavy (non-hydrogen) atoms. The van der Waals surface area contributed by atoms with Gasteiger partial charge in [0.15, 0.2) is 0 Å². The van der Waals surface area contributed by atoms with Crippen LogP contribution in [0.25, 0.3) is 0 Å². The summed E-state index contributed by atoms with van der Waals surface area (Å²) in [6, 6.07) is 1.29. The van der Waals surface area contributed by atoms with Crippen LogP contribution in [-0.2, 0) is 0 Å². The molecule has 2 unspecified atom stereocenters. The zero-order valence-electron chi connectivity index (χ0n) is 12.3. The molecule has 3 heteroatoms. The van der Waals surface area contributed by atoms with Crippen LogP contribution < -0.4 is 5.73 Å². The molecule has 2 fully saturated rings. The number of hydrogen-bond acceptors (Lipinski definition) is 3. The fraction of sp³-hybridized carbons (Fsp3) is 1.00. The zero-order chi connectivity index (χ0) is 13.0. The zero-order valence-corrected chi connectivity index (χ0v) is 12.3. The van der Waals surface area contributed by atoms with Gasteiger partial charge in [-0.05, 0) is 26.3 Å². The summed E-state index contributed by atoms with van der Waals surface area (Å²) >= 11 is 0. The van der Waals surface area contributed by atoms with Gasteiger partial charge in [-0.1, -0.05) is 32.1 Å². The molecule has 0 aromatic carbocycles. The molecule has 0 amide bonds. The van der Waals surface area contributed by atoms with E-state index in [0.717, 1.165) is 12.5 Å². The predicted octanol–water partition coefficient (Wildman–Crippen LogP) is 1.92. The molecule has 2 atom stereocenters. The maximum Gasteiger partial charge on any atom is 0.0224 e. The van der Waals surface area contributed by atoms with Crippen molar-refractivity contribution in [2.75, 3.05) is 33.2 Å². The van der Waals surface area contributed by atoms with Crippen LogP contribution >= 0.6 is 0 Å². The molecule has 0 aromatic heterocycles. The van der Waals surface area contributed by atoms with Crippen LogP contribution in [0.1, 0.15) is 45.4 Å². The Kier molecular flexibility index (Phi) is 5.46. The van der Waals surface area contributed by atoms with Gasteiger partial charge in [0.05, 0.1) is 0 Å². The summed E-state index contributed by atoms with van der Waals surface area (Å²) in [7, 11) is 2.23. The van der Waals surface area contributed by atoms with Gasteiger partial charge in [-0.15, -0.1) is 0 Å². The van der Waals surface area contributed by atoms with E-state index in [4.69, 9.17) is 5.73 Å². The van der Waals surface area contributed by atoms with E-state index in [1.165, 1.54) is 58.2 Å². The van der Waals surface area contributed by atoms with Crippen LogP contribution in [0.5, 0.6) is 0 Å². The highest BCUT2D eigenvalue weighted by atomic mass is 15.3. The van der Waals surface area contributed by atoms with Crippen molar-refractivity contribution in [2.24, 2.45) is 11.7 Å². The summed E-state index contributed by atoms with van der Waals surface area (Å²) in [5.74, 6) is 0.944. The van der Waals surface area contributed by atoms with E-state index in [0.29, 0.717) is 12.1 Å². The first-order chi connectivity index (χ1) is 8.70. The van der Waals surface area contributed by atoms with Crippen LogP contribution in [0.2, 0.25) is 0 Å². The molecule has 1 heterocycles. The fourth-order valence-corrected chi connectivity index (χ4v) is 3.87. The van der Waals surface area contributed by atoms with Gasteiger partial charge in [0.1, 0.15) is 0 Å². The molecular formula is C15H31N3. The van der Waals surface area contributed by atoms with Gasteiger partial charge < -0.3 is 10.6 Å². The monoisotopic (exact) mass is 253 g/mol. The van der Waals surface area contributed by atoms with E-state index in [1.807, 2.05) is 0 Å².